The highest BCUT2D eigenvalue weighted by molar-refractivity contribution is 7.21. The van der Waals surface area contributed by atoms with Gasteiger partial charge in [0, 0.05) is 16.6 Å². The third kappa shape index (κ3) is 3.97. The summed E-state index contributed by atoms with van der Waals surface area (Å²) < 4.78 is 6.95. The molecule has 1 unspecified atom stereocenters. The Balaban J connectivity index is 1.51. The number of likely N-dealkylation sites (tertiary alicyclic amines) is 1. The van der Waals surface area contributed by atoms with Crippen LogP contribution in [0, 0.1) is 12.8 Å². The Morgan fingerprint density at radius 1 is 1.29 bits per heavy atom. The first kappa shape index (κ1) is 19.5. The summed E-state index contributed by atoms with van der Waals surface area (Å²) in [6, 6.07) is 11.9. The van der Waals surface area contributed by atoms with Gasteiger partial charge < -0.3 is 9.73 Å². The maximum absolute atomic E-state index is 12.9. The van der Waals surface area contributed by atoms with Gasteiger partial charge in [0.25, 0.3) is 5.91 Å². The van der Waals surface area contributed by atoms with E-state index in [1.54, 1.807) is 0 Å². The molecule has 28 heavy (non-hydrogen) atoms. The number of halogens is 1. The summed E-state index contributed by atoms with van der Waals surface area (Å²) in [4.78, 5) is 15.9. The number of amides is 1. The first-order valence-electron chi connectivity index (χ1n) is 9.78. The maximum Gasteiger partial charge on any atom is 0.263 e. The van der Waals surface area contributed by atoms with E-state index >= 15 is 0 Å². The van der Waals surface area contributed by atoms with E-state index in [1.807, 2.05) is 43.3 Å². The molecule has 1 atom stereocenters. The third-order valence-corrected chi connectivity index (χ3v) is 7.22. The number of aryl methyl sites for hydroxylation is 1. The number of thiophene rings is 1. The Bertz CT molecular complexity index is 972. The molecule has 3 heterocycles. The predicted molar refractivity (Wildman–Crippen MR) is 115 cm³/mol. The van der Waals surface area contributed by atoms with Gasteiger partial charge in [-0.05, 0) is 57.0 Å². The number of nitrogens with zero attached hydrogens (tertiary/aromatic N) is 1. The molecule has 6 heteroatoms. The van der Waals surface area contributed by atoms with Gasteiger partial charge in [0.1, 0.15) is 16.4 Å². The van der Waals surface area contributed by atoms with E-state index in [-0.39, 0.29) is 11.9 Å². The lowest BCUT2D eigenvalue weighted by Gasteiger charge is -2.35. The van der Waals surface area contributed by atoms with Crippen LogP contribution in [0.3, 0.4) is 0 Å². The van der Waals surface area contributed by atoms with E-state index in [4.69, 9.17) is 16.0 Å². The Kier molecular flexibility index (Phi) is 5.76. The number of benzene rings is 1. The molecule has 1 aliphatic rings. The number of carbonyl (C=O) groups is 1. The minimum Gasteiger partial charge on any atom is -0.465 e. The van der Waals surface area contributed by atoms with Crippen molar-refractivity contribution in [2.24, 2.45) is 5.92 Å². The molecule has 4 nitrogen and oxygen atoms in total. The Hall–Kier alpha value is -1.82. The zero-order chi connectivity index (χ0) is 19.7. The van der Waals surface area contributed by atoms with Gasteiger partial charge in [-0.25, -0.2) is 0 Å². The summed E-state index contributed by atoms with van der Waals surface area (Å²) in [5, 5.41) is 4.57. The summed E-state index contributed by atoms with van der Waals surface area (Å²) in [7, 11) is 0. The minimum atomic E-state index is -0.121. The highest BCUT2D eigenvalue weighted by Crippen LogP contribution is 2.35. The van der Waals surface area contributed by atoms with Crippen LogP contribution in [0.5, 0.6) is 0 Å². The van der Waals surface area contributed by atoms with Crippen molar-refractivity contribution in [3.63, 3.8) is 0 Å². The molecule has 1 N–H and O–H groups in total. The second-order valence-electron chi connectivity index (χ2n) is 7.63. The number of hydrogen-bond donors (Lipinski definition) is 1. The smallest absolute Gasteiger partial charge is 0.263 e. The predicted octanol–water partition coefficient (Wildman–Crippen LogP) is 5.66. The molecule has 0 spiro atoms. The van der Waals surface area contributed by atoms with E-state index in [2.05, 4.69) is 17.1 Å². The fourth-order valence-electron chi connectivity index (χ4n) is 3.81. The lowest BCUT2D eigenvalue weighted by molar-refractivity contribution is 0.0898. The van der Waals surface area contributed by atoms with Crippen LogP contribution in [-0.2, 0) is 0 Å². The Labute approximate surface area is 174 Å². The van der Waals surface area contributed by atoms with E-state index in [0.717, 1.165) is 40.6 Å². The zero-order valence-electron chi connectivity index (χ0n) is 16.2. The van der Waals surface area contributed by atoms with E-state index in [9.17, 15) is 4.79 Å². The highest BCUT2D eigenvalue weighted by Gasteiger charge is 2.28. The first-order valence-corrected chi connectivity index (χ1v) is 11.0. The SMILES string of the molecule is Cc1ccc(C(CNC(=O)c2sc3ccccc3c2Cl)N2CCC(C)CC2)o1. The van der Waals surface area contributed by atoms with Crippen LogP contribution in [0.25, 0.3) is 10.1 Å². The zero-order valence-corrected chi connectivity index (χ0v) is 17.8. The van der Waals surface area contributed by atoms with Crippen LogP contribution in [0.4, 0.5) is 0 Å². The molecule has 4 rings (SSSR count). The molecule has 3 aromatic rings. The normalized spacial score (nSPS) is 17.1. The van der Waals surface area contributed by atoms with Crippen molar-refractivity contribution in [3.8, 4) is 0 Å². The molecule has 1 aromatic carbocycles. The lowest BCUT2D eigenvalue weighted by Crippen LogP contribution is -2.41. The summed E-state index contributed by atoms with van der Waals surface area (Å²) in [6.45, 7) is 6.80. The molecule has 0 aliphatic carbocycles. The second-order valence-corrected chi connectivity index (χ2v) is 9.06. The van der Waals surface area contributed by atoms with Crippen molar-refractivity contribution in [1.29, 1.82) is 0 Å². The van der Waals surface area contributed by atoms with Crippen molar-refractivity contribution in [2.45, 2.75) is 32.7 Å². The highest BCUT2D eigenvalue weighted by atomic mass is 35.5. The molecule has 0 bridgehead atoms. The Morgan fingerprint density at radius 2 is 2.04 bits per heavy atom. The second kappa shape index (κ2) is 8.27. The van der Waals surface area contributed by atoms with Crippen LogP contribution in [-0.4, -0.2) is 30.4 Å². The fourth-order valence-corrected chi connectivity index (χ4v) is 5.25. The van der Waals surface area contributed by atoms with Crippen LogP contribution >= 0.6 is 22.9 Å². The van der Waals surface area contributed by atoms with Crippen molar-refractivity contribution in [1.82, 2.24) is 10.2 Å². The number of furan rings is 1. The standard InChI is InChI=1S/C22H25ClN2O2S/c1-14-9-11-25(12-10-14)17(18-8-7-15(2)27-18)13-24-22(26)21-20(23)16-5-3-4-6-19(16)28-21/h3-8,14,17H,9-13H2,1-2H3,(H,24,26). The number of hydrogen-bond acceptors (Lipinski definition) is 4. The number of rotatable bonds is 5. The largest absolute Gasteiger partial charge is 0.465 e. The molecule has 0 radical (unpaired) electrons. The van der Waals surface area contributed by atoms with Gasteiger partial charge in [-0.2, -0.15) is 0 Å². The monoisotopic (exact) mass is 416 g/mol. The number of fused-ring (bicyclic) bond motifs is 1. The fraction of sp³-hybridized carbons (Fsp3) is 0.409. The van der Waals surface area contributed by atoms with Crippen molar-refractivity contribution >= 4 is 38.9 Å². The molecule has 1 amide bonds. The van der Waals surface area contributed by atoms with Gasteiger partial charge in [-0.1, -0.05) is 36.7 Å². The minimum absolute atomic E-state index is 0.0401. The van der Waals surface area contributed by atoms with Gasteiger partial charge in [0.15, 0.2) is 0 Å². The summed E-state index contributed by atoms with van der Waals surface area (Å²) in [5.74, 6) is 2.44. The van der Waals surface area contributed by atoms with Gasteiger partial charge in [0.05, 0.1) is 11.1 Å². The first-order chi connectivity index (χ1) is 13.5. The number of piperidine rings is 1. The average molecular weight is 417 g/mol. The Morgan fingerprint density at radius 3 is 2.71 bits per heavy atom. The number of nitrogens with one attached hydrogen (secondary N) is 1. The van der Waals surface area contributed by atoms with Crippen LogP contribution in [0.2, 0.25) is 5.02 Å². The van der Waals surface area contributed by atoms with E-state index in [0.29, 0.717) is 16.4 Å². The van der Waals surface area contributed by atoms with Gasteiger partial charge in [0.2, 0.25) is 0 Å². The third-order valence-electron chi connectivity index (χ3n) is 5.55. The maximum atomic E-state index is 12.9. The van der Waals surface area contributed by atoms with Gasteiger partial charge >= 0.3 is 0 Å². The number of carbonyl (C=O) groups excluding carboxylic acids is 1. The molecule has 1 aliphatic heterocycles. The molecule has 0 saturated carbocycles. The van der Waals surface area contributed by atoms with E-state index < -0.39 is 0 Å². The molecule has 2 aromatic heterocycles. The lowest BCUT2D eigenvalue weighted by atomic mass is 9.97. The molecule has 148 valence electrons. The summed E-state index contributed by atoms with van der Waals surface area (Å²) in [5.41, 5.74) is 0. The van der Waals surface area contributed by atoms with Gasteiger partial charge in [-0.15, -0.1) is 11.3 Å². The van der Waals surface area contributed by atoms with Crippen molar-refractivity contribution in [2.75, 3.05) is 19.6 Å². The van der Waals surface area contributed by atoms with Crippen LogP contribution in [0.1, 0.15) is 47.0 Å². The van der Waals surface area contributed by atoms with Gasteiger partial charge in [-0.3, -0.25) is 9.69 Å². The van der Waals surface area contributed by atoms with Crippen molar-refractivity contribution < 1.29 is 9.21 Å². The average Bonchev–Trinajstić information content (AvgIpc) is 3.27. The molecule has 1 saturated heterocycles. The van der Waals surface area contributed by atoms with E-state index in [1.165, 1.54) is 24.2 Å². The topological polar surface area (TPSA) is 45.5 Å². The van der Waals surface area contributed by atoms with Crippen molar-refractivity contribution in [3.05, 3.63) is 57.8 Å². The summed E-state index contributed by atoms with van der Waals surface area (Å²) in [6.07, 6.45) is 2.35. The quantitative estimate of drug-likeness (QED) is 0.583. The molecular weight excluding hydrogens is 392 g/mol. The van der Waals surface area contributed by atoms with Crippen LogP contribution in [0.15, 0.2) is 40.8 Å². The molecule has 1 fully saturated rings. The molecular formula is C22H25ClN2O2S. The summed E-state index contributed by atoms with van der Waals surface area (Å²) >= 11 is 7.91. The van der Waals surface area contributed by atoms with Crippen LogP contribution < -0.4 is 5.32 Å².